The Labute approximate surface area is 273 Å². The molecule has 10 heteroatoms. The van der Waals surface area contributed by atoms with E-state index in [2.05, 4.69) is 27.1 Å². The molecule has 9 nitrogen and oxygen atoms in total. The van der Waals surface area contributed by atoms with Gasteiger partial charge in [0.15, 0.2) is 0 Å². The molecule has 2 amide bonds. The lowest BCUT2D eigenvalue weighted by molar-refractivity contribution is -0.131. The third kappa shape index (κ3) is 7.29. The smallest absolute Gasteiger partial charge is 0.240 e. The van der Waals surface area contributed by atoms with E-state index in [1.54, 1.807) is 31.5 Å². The molecule has 2 N–H and O–H groups in total. The first-order valence-electron chi connectivity index (χ1n) is 15.9. The molecule has 4 aromatic rings. The standard InChI is InChI=1S/C37H39FN4O5/c1-24(5-4-16-42-17-19-46-20-18-42)29-22-32-30(23-34(29)45-3)33(12-15-39-32)47-28-10-11-31(25(2)21-28)41-36(44)37(13-14-37)35(43)40-27-8-6-26(38)7-9-27/h6-12,15,21-23H,1,4-5,13-14,16-20H2,2-3H3,(H,40,43)(H,41,44). The number of allylic oxidation sites excluding steroid dienone is 1. The molecule has 1 aromatic heterocycles. The van der Waals surface area contributed by atoms with Crippen LogP contribution in [0, 0.1) is 18.2 Å². The second-order valence-corrected chi connectivity index (χ2v) is 12.1. The maximum Gasteiger partial charge on any atom is 0.240 e. The summed E-state index contributed by atoms with van der Waals surface area (Å²) in [4.78, 5) is 33.2. The van der Waals surface area contributed by atoms with Crippen LogP contribution in [0.5, 0.6) is 17.2 Å². The summed E-state index contributed by atoms with van der Waals surface area (Å²) in [7, 11) is 1.65. The zero-order valence-electron chi connectivity index (χ0n) is 26.7. The Hall–Kier alpha value is -4.80. The van der Waals surface area contributed by atoms with E-state index in [1.807, 2.05) is 25.1 Å². The third-order valence-corrected chi connectivity index (χ3v) is 8.86. The fourth-order valence-electron chi connectivity index (χ4n) is 5.83. The number of nitrogens with one attached hydrogen (secondary N) is 2. The molecular weight excluding hydrogens is 599 g/mol. The molecule has 244 valence electrons. The van der Waals surface area contributed by atoms with Crippen molar-refractivity contribution in [1.82, 2.24) is 9.88 Å². The quantitative estimate of drug-likeness (QED) is 0.162. The third-order valence-electron chi connectivity index (χ3n) is 8.86. The zero-order valence-corrected chi connectivity index (χ0v) is 26.7. The number of fused-ring (bicyclic) bond motifs is 1. The average Bonchev–Trinajstić information content (AvgIpc) is 3.90. The van der Waals surface area contributed by atoms with E-state index in [1.165, 1.54) is 24.3 Å². The molecular formula is C37H39FN4O5. The van der Waals surface area contributed by atoms with Crippen molar-refractivity contribution in [3.63, 3.8) is 0 Å². The summed E-state index contributed by atoms with van der Waals surface area (Å²) >= 11 is 0. The second-order valence-electron chi connectivity index (χ2n) is 12.1. The molecule has 0 bridgehead atoms. The molecule has 0 spiro atoms. The monoisotopic (exact) mass is 638 g/mol. The number of hydrogen-bond donors (Lipinski definition) is 2. The summed E-state index contributed by atoms with van der Waals surface area (Å²) in [5, 5.41) is 6.45. The molecule has 2 heterocycles. The first-order chi connectivity index (χ1) is 22.8. The predicted octanol–water partition coefficient (Wildman–Crippen LogP) is 6.97. The number of hydrogen-bond acceptors (Lipinski definition) is 7. The minimum Gasteiger partial charge on any atom is -0.496 e. The van der Waals surface area contributed by atoms with Gasteiger partial charge in [-0.15, -0.1) is 0 Å². The van der Waals surface area contributed by atoms with Crippen molar-refractivity contribution in [2.75, 3.05) is 50.6 Å². The van der Waals surface area contributed by atoms with E-state index in [9.17, 15) is 14.0 Å². The van der Waals surface area contributed by atoms with Crippen LogP contribution in [0.25, 0.3) is 16.5 Å². The van der Waals surface area contributed by atoms with E-state index in [0.717, 1.165) is 73.3 Å². The maximum absolute atomic E-state index is 13.3. The number of morpholine rings is 1. The number of carbonyl (C=O) groups excluding carboxylic acids is 2. The molecule has 0 unspecified atom stereocenters. The topological polar surface area (TPSA) is 102 Å². The molecule has 1 saturated carbocycles. The lowest BCUT2D eigenvalue weighted by atomic mass is 9.99. The number of methoxy groups -OCH3 is 1. The second kappa shape index (κ2) is 13.9. The molecule has 1 aliphatic carbocycles. The SMILES string of the molecule is C=C(CCCN1CCOCC1)c1cc2nccc(Oc3ccc(NC(=O)C4(C(=O)Nc5ccc(F)cc5)CC4)c(C)c3)c2cc1OC. The van der Waals surface area contributed by atoms with Crippen LogP contribution < -0.4 is 20.1 Å². The molecule has 2 aliphatic rings. The van der Waals surface area contributed by atoms with Gasteiger partial charge >= 0.3 is 0 Å². The number of carbonyl (C=O) groups is 2. The lowest BCUT2D eigenvalue weighted by Crippen LogP contribution is -2.36. The van der Waals surface area contributed by atoms with Crippen LogP contribution >= 0.6 is 0 Å². The van der Waals surface area contributed by atoms with Gasteiger partial charge in [0.1, 0.15) is 28.5 Å². The molecule has 2 fully saturated rings. The summed E-state index contributed by atoms with van der Waals surface area (Å²) in [5.74, 6) is 0.724. The number of ether oxygens (including phenoxy) is 3. The van der Waals surface area contributed by atoms with Crippen molar-refractivity contribution in [1.29, 1.82) is 0 Å². The normalized spacial score (nSPS) is 15.6. The van der Waals surface area contributed by atoms with Gasteiger partial charge in [-0.1, -0.05) is 6.58 Å². The van der Waals surface area contributed by atoms with Gasteiger partial charge in [-0.05, 0) is 111 Å². The van der Waals surface area contributed by atoms with E-state index in [-0.39, 0.29) is 5.91 Å². The highest BCUT2D eigenvalue weighted by molar-refractivity contribution is 6.17. The number of aryl methyl sites for hydroxylation is 1. The highest BCUT2D eigenvalue weighted by atomic mass is 19.1. The van der Waals surface area contributed by atoms with Gasteiger partial charge in [0.05, 0.1) is 25.8 Å². The number of pyridine rings is 1. The minimum absolute atomic E-state index is 0.375. The molecule has 1 aliphatic heterocycles. The highest BCUT2D eigenvalue weighted by Gasteiger charge is 2.56. The summed E-state index contributed by atoms with van der Waals surface area (Å²) < 4.78 is 30.8. The van der Waals surface area contributed by atoms with Crippen LogP contribution in [-0.4, -0.2) is 61.7 Å². The number of amides is 2. The molecule has 3 aromatic carbocycles. The number of anilines is 2. The summed E-state index contributed by atoms with van der Waals surface area (Å²) in [5.41, 5.74) is 3.34. The molecule has 0 radical (unpaired) electrons. The number of benzene rings is 3. The fourth-order valence-corrected chi connectivity index (χ4v) is 5.83. The summed E-state index contributed by atoms with van der Waals surface area (Å²) in [6.45, 7) is 10.7. The van der Waals surface area contributed by atoms with Crippen LogP contribution in [0.1, 0.15) is 36.8 Å². The first-order valence-corrected chi connectivity index (χ1v) is 15.9. The van der Waals surface area contributed by atoms with Crippen molar-refractivity contribution in [3.05, 3.63) is 90.4 Å². The Bertz CT molecular complexity index is 1800. The Morgan fingerprint density at radius 2 is 1.74 bits per heavy atom. The van der Waals surface area contributed by atoms with Crippen LogP contribution in [0.3, 0.4) is 0 Å². The number of nitrogens with zero attached hydrogens (tertiary/aromatic N) is 2. The highest BCUT2D eigenvalue weighted by Crippen LogP contribution is 2.48. The molecule has 47 heavy (non-hydrogen) atoms. The van der Waals surface area contributed by atoms with Crippen molar-refractivity contribution >= 4 is 39.7 Å². The molecule has 1 saturated heterocycles. The first kappa shape index (κ1) is 32.2. The van der Waals surface area contributed by atoms with Gasteiger partial charge in [0, 0.05) is 41.6 Å². The average molecular weight is 639 g/mol. The van der Waals surface area contributed by atoms with Crippen LogP contribution in [-0.2, 0) is 14.3 Å². The fraction of sp³-hybridized carbons (Fsp3) is 0.324. The number of halogens is 1. The van der Waals surface area contributed by atoms with Crippen molar-refractivity contribution in [2.45, 2.75) is 32.6 Å². The largest absolute Gasteiger partial charge is 0.496 e. The van der Waals surface area contributed by atoms with E-state index >= 15 is 0 Å². The Kier molecular flexibility index (Phi) is 9.51. The van der Waals surface area contributed by atoms with Gasteiger partial charge in [-0.2, -0.15) is 0 Å². The summed E-state index contributed by atoms with van der Waals surface area (Å²) in [6, 6.07) is 16.6. The van der Waals surface area contributed by atoms with Crippen molar-refractivity contribution < 1.29 is 28.2 Å². The maximum atomic E-state index is 13.3. The van der Waals surface area contributed by atoms with Gasteiger partial charge in [0.2, 0.25) is 11.8 Å². The van der Waals surface area contributed by atoms with Gasteiger partial charge in [0.25, 0.3) is 0 Å². The molecule has 0 atom stereocenters. The van der Waals surface area contributed by atoms with Crippen molar-refractivity contribution in [2.24, 2.45) is 5.41 Å². The van der Waals surface area contributed by atoms with Crippen LogP contribution in [0.2, 0.25) is 0 Å². The Balaban J connectivity index is 1.12. The lowest BCUT2D eigenvalue weighted by Gasteiger charge is -2.26. The minimum atomic E-state index is -1.15. The van der Waals surface area contributed by atoms with Crippen molar-refractivity contribution in [3.8, 4) is 17.2 Å². The van der Waals surface area contributed by atoms with Gasteiger partial charge in [-0.3, -0.25) is 19.5 Å². The van der Waals surface area contributed by atoms with E-state index in [0.29, 0.717) is 41.5 Å². The summed E-state index contributed by atoms with van der Waals surface area (Å²) in [6.07, 6.45) is 4.43. The number of rotatable bonds is 12. The van der Waals surface area contributed by atoms with Crippen LogP contribution in [0.15, 0.2) is 73.4 Å². The van der Waals surface area contributed by atoms with E-state index < -0.39 is 17.1 Å². The molecule has 6 rings (SSSR count). The zero-order chi connectivity index (χ0) is 33.0. The predicted molar refractivity (Wildman–Crippen MR) is 180 cm³/mol. The van der Waals surface area contributed by atoms with E-state index in [4.69, 9.17) is 14.2 Å². The van der Waals surface area contributed by atoms with Gasteiger partial charge in [-0.25, -0.2) is 4.39 Å². The number of aromatic nitrogens is 1. The Morgan fingerprint density at radius 3 is 2.45 bits per heavy atom. The van der Waals surface area contributed by atoms with Crippen LogP contribution in [0.4, 0.5) is 15.8 Å². The van der Waals surface area contributed by atoms with Gasteiger partial charge < -0.3 is 24.8 Å². The Morgan fingerprint density at radius 1 is 1.00 bits per heavy atom.